The van der Waals surface area contributed by atoms with Gasteiger partial charge in [-0.2, -0.15) is 5.10 Å². The van der Waals surface area contributed by atoms with Crippen LogP contribution in [0.5, 0.6) is 0 Å². The van der Waals surface area contributed by atoms with Crippen LogP contribution in [0.25, 0.3) is 0 Å². The summed E-state index contributed by atoms with van der Waals surface area (Å²) in [6.45, 7) is 4.31. The van der Waals surface area contributed by atoms with Crippen LogP contribution >= 0.6 is 12.4 Å². The summed E-state index contributed by atoms with van der Waals surface area (Å²) in [5, 5.41) is 7.25. The highest BCUT2D eigenvalue weighted by Gasteiger charge is 1.96. The van der Waals surface area contributed by atoms with E-state index < -0.39 is 0 Å². The normalized spacial score (nSPS) is 10.2. The molecule has 1 aromatic rings. The van der Waals surface area contributed by atoms with Crippen LogP contribution in [-0.4, -0.2) is 12.2 Å². The molecule has 0 aromatic heterocycles. The van der Waals surface area contributed by atoms with Crippen LogP contribution in [0.1, 0.15) is 30.9 Å². The first-order chi connectivity index (χ1) is 7.09. The summed E-state index contributed by atoms with van der Waals surface area (Å²) in [4.78, 5) is 0. The van der Waals surface area contributed by atoms with Crippen LogP contribution in [0.4, 0.5) is 0 Å². The smallest absolute Gasteiger partial charge is 0.211 e. The van der Waals surface area contributed by atoms with Crippen LogP contribution < -0.4 is 11.5 Å². The van der Waals surface area contributed by atoms with Crippen molar-refractivity contribution in [2.45, 2.75) is 19.8 Å². The second kappa shape index (κ2) is 6.85. The largest absolute Gasteiger partial charge is 0.369 e. The third-order valence-corrected chi connectivity index (χ3v) is 1.98. The van der Waals surface area contributed by atoms with E-state index in [4.69, 9.17) is 11.5 Å². The molecule has 0 heterocycles. The molecule has 5 heteroatoms. The predicted molar refractivity (Wildman–Crippen MR) is 71.2 cm³/mol. The fraction of sp³-hybridized carbons (Fsp3) is 0.273. The van der Waals surface area contributed by atoms with Crippen LogP contribution in [0, 0.1) is 0 Å². The Labute approximate surface area is 102 Å². The number of guanidine groups is 1. The van der Waals surface area contributed by atoms with E-state index in [0.717, 1.165) is 5.56 Å². The van der Waals surface area contributed by atoms with Crippen LogP contribution in [0.3, 0.4) is 0 Å². The van der Waals surface area contributed by atoms with Crippen molar-refractivity contribution in [3.05, 3.63) is 35.4 Å². The van der Waals surface area contributed by atoms with Gasteiger partial charge < -0.3 is 11.5 Å². The third-order valence-electron chi connectivity index (χ3n) is 1.98. The molecule has 1 rings (SSSR count). The molecule has 16 heavy (non-hydrogen) atoms. The van der Waals surface area contributed by atoms with Gasteiger partial charge in [0, 0.05) is 0 Å². The van der Waals surface area contributed by atoms with Gasteiger partial charge in [0.25, 0.3) is 0 Å². The lowest BCUT2D eigenvalue weighted by atomic mass is 10.0. The van der Waals surface area contributed by atoms with Crippen molar-refractivity contribution in [3.63, 3.8) is 0 Å². The van der Waals surface area contributed by atoms with Crippen molar-refractivity contribution in [1.82, 2.24) is 0 Å². The van der Waals surface area contributed by atoms with Gasteiger partial charge in [0.05, 0.1) is 6.21 Å². The number of hydrogen-bond donors (Lipinski definition) is 2. The molecule has 0 fully saturated rings. The molecule has 0 aliphatic rings. The number of nitrogens with zero attached hydrogens (tertiary/aromatic N) is 2. The Hall–Kier alpha value is -1.55. The second-order valence-electron chi connectivity index (χ2n) is 3.59. The third kappa shape index (κ3) is 4.79. The van der Waals surface area contributed by atoms with Crippen molar-refractivity contribution < 1.29 is 0 Å². The van der Waals surface area contributed by atoms with Gasteiger partial charge in [0.2, 0.25) is 5.96 Å². The molecule has 0 aliphatic heterocycles. The van der Waals surface area contributed by atoms with Gasteiger partial charge in [0.1, 0.15) is 0 Å². The topological polar surface area (TPSA) is 76.8 Å². The highest BCUT2D eigenvalue weighted by molar-refractivity contribution is 5.85. The van der Waals surface area contributed by atoms with E-state index in [1.807, 2.05) is 12.1 Å². The Morgan fingerprint density at radius 1 is 1.19 bits per heavy atom. The van der Waals surface area contributed by atoms with Gasteiger partial charge in [-0.25, -0.2) is 0 Å². The number of hydrogen-bond acceptors (Lipinski definition) is 2. The quantitative estimate of drug-likeness (QED) is 0.481. The monoisotopic (exact) mass is 240 g/mol. The van der Waals surface area contributed by atoms with Crippen molar-refractivity contribution >= 4 is 24.6 Å². The molecule has 0 saturated heterocycles. The maximum absolute atomic E-state index is 5.13. The standard InChI is InChI=1S/C11H16N4.ClH/c1-8(2)10-5-3-9(4-6-10)7-14-15-11(12)13;/h3-8H,1-2H3,(H4,12,13,15);1H/b14-7+;. The zero-order valence-electron chi connectivity index (χ0n) is 9.42. The molecular weight excluding hydrogens is 224 g/mol. The summed E-state index contributed by atoms with van der Waals surface area (Å²) in [7, 11) is 0. The van der Waals surface area contributed by atoms with Crippen molar-refractivity contribution in [3.8, 4) is 0 Å². The van der Waals surface area contributed by atoms with Gasteiger partial charge >= 0.3 is 0 Å². The molecule has 0 spiro atoms. The van der Waals surface area contributed by atoms with E-state index >= 15 is 0 Å². The molecule has 88 valence electrons. The van der Waals surface area contributed by atoms with Crippen LogP contribution in [-0.2, 0) is 0 Å². The van der Waals surface area contributed by atoms with E-state index in [1.165, 1.54) is 5.56 Å². The minimum absolute atomic E-state index is 0. The summed E-state index contributed by atoms with van der Waals surface area (Å²) in [6.07, 6.45) is 1.61. The fourth-order valence-electron chi connectivity index (χ4n) is 1.13. The van der Waals surface area contributed by atoms with Crippen molar-refractivity contribution in [1.29, 1.82) is 0 Å². The molecule has 0 unspecified atom stereocenters. The number of benzene rings is 1. The summed E-state index contributed by atoms with van der Waals surface area (Å²) >= 11 is 0. The molecule has 0 amide bonds. The molecule has 0 bridgehead atoms. The molecule has 0 radical (unpaired) electrons. The summed E-state index contributed by atoms with van der Waals surface area (Å²) in [5.41, 5.74) is 12.5. The maximum Gasteiger partial charge on any atom is 0.211 e. The van der Waals surface area contributed by atoms with Crippen LogP contribution in [0.15, 0.2) is 34.5 Å². The molecular formula is C11H17ClN4. The van der Waals surface area contributed by atoms with Gasteiger partial charge in [-0.15, -0.1) is 17.5 Å². The zero-order chi connectivity index (χ0) is 11.3. The molecule has 0 aliphatic carbocycles. The summed E-state index contributed by atoms with van der Waals surface area (Å²) in [5.74, 6) is 0.499. The van der Waals surface area contributed by atoms with Gasteiger partial charge in [-0.1, -0.05) is 38.1 Å². The second-order valence-corrected chi connectivity index (χ2v) is 3.59. The maximum atomic E-state index is 5.13. The summed E-state index contributed by atoms with van der Waals surface area (Å²) in [6, 6.07) is 8.12. The average molecular weight is 241 g/mol. The van der Waals surface area contributed by atoms with E-state index in [-0.39, 0.29) is 18.4 Å². The Balaban J connectivity index is 0.00000225. The molecule has 0 atom stereocenters. The molecule has 4 nitrogen and oxygen atoms in total. The Bertz CT molecular complexity index is 364. The van der Waals surface area contributed by atoms with Crippen molar-refractivity contribution in [2.24, 2.45) is 21.7 Å². The molecule has 1 aromatic carbocycles. The van der Waals surface area contributed by atoms with Crippen LogP contribution in [0.2, 0.25) is 0 Å². The number of nitrogens with two attached hydrogens (primary N) is 2. The Kier molecular flexibility index (Phi) is 6.18. The molecule has 0 saturated carbocycles. The van der Waals surface area contributed by atoms with Gasteiger partial charge in [-0.3, -0.25) is 0 Å². The lowest BCUT2D eigenvalue weighted by Crippen LogP contribution is -2.21. The van der Waals surface area contributed by atoms with E-state index in [9.17, 15) is 0 Å². The van der Waals surface area contributed by atoms with E-state index in [1.54, 1.807) is 6.21 Å². The lowest BCUT2D eigenvalue weighted by Gasteiger charge is -2.03. The highest BCUT2D eigenvalue weighted by atomic mass is 35.5. The fourth-order valence-corrected chi connectivity index (χ4v) is 1.13. The number of rotatable bonds is 3. The highest BCUT2D eigenvalue weighted by Crippen LogP contribution is 2.13. The first-order valence-electron chi connectivity index (χ1n) is 4.81. The SMILES string of the molecule is CC(C)c1ccc(/C=N/N=C(N)N)cc1.Cl. The minimum atomic E-state index is -0.0370. The Morgan fingerprint density at radius 3 is 2.19 bits per heavy atom. The minimum Gasteiger partial charge on any atom is -0.369 e. The van der Waals surface area contributed by atoms with E-state index in [0.29, 0.717) is 5.92 Å². The van der Waals surface area contributed by atoms with Gasteiger partial charge in [0.15, 0.2) is 0 Å². The number of halogens is 1. The predicted octanol–water partition coefficient (Wildman–Crippen LogP) is 1.84. The molecule has 4 N–H and O–H groups in total. The van der Waals surface area contributed by atoms with Gasteiger partial charge in [-0.05, 0) is 17.0 Å². The zero-order valence-corrected chi connectivity index (χ0v) is 10.2. The van der Waals surface area contributed by atoms with E-state index in [2.05, 4.69) is 36.2 Å². The Morgan fingerprint density at radius 2 is 1.75 bits per heavy atom. The van der Waals surface area contributed by atoms with Crippen molar-refractivity contribution in [2.75, 3.05) is 0 Å². The average Bonchev–Trinajstić information content (AvgIpc) is 2.18. The lowest BCUT2D eigenvalue weighted by molar-refractivity contribution is 0.866. The first-order valence-corrected chi connectivity index (χ1v) is 4.81. The summed E-state index contributed by atoms with van der Waals surface area (Å²) < 4.78 is 0. The first kappa shape index (κ1) is 14.5.